The van der Waals surface area contributed by atoms with E-state index in [0.29, 0.717) is 27.9 Å². The van der Waals surface area contributed by atoms with Crippen molar-refractivity contribution in [2.45, 2.75) is 11.8 Å². The standard InChI is InChI=1S/C25H28N4O7S2/c1-4-36-25(31)28-11-13-29(14-12-28)38(32,33)19-8-5-17(6-9-19)23(30)27-24-26-20(16-37-24)18-7-10-21(34-2)22(15-18)35-3/h5-10,15-16H,4,11-14H2,1-3H3,(H,26,27,30). The third-order valence-corrected chi connectivity index (χ3v) is 8.59. The summed E-state index contributed by atoms with van der Waals surface area (Å²) in [5.41, 5.74) is 1.76. The van der Waals surface area contributed by atoms with Gasteiger partial charge in [-0.3, -0.25) is 10.1 Å². The van der Waals surface area contributed by atoms with Crippen molar-refractivity contribution in [3.05, 3.63) is 53.4 Å². The molecule has 13 heteroatoms. The second kappa shape index (κ2) is 11.8. The number of nitrogens with one attached hydrogen (secondary N) is 1. The Morgan fingerprint density at radius 3 is 2.32 bits per heavy atom. The maximum Gasteiger partial charge on any atom is 0.409 e. The van der Waals surface area contributed by atoms with Gasteiger partial charge in [0.1, 0.15) is 0 Å². The second-order valence-corrected chi connectivity index (χ2v) is 11.0. The summed E-state index contributed by atoms with van der Waals surface area (Å²) >= 11 is 1.27. The third-order valence-electron chi connectivity index (χ3n) is 5.92. The molecule has 4 rings (SSSR count). The number of carbonyl (C=O) groups excluding carboxylic acids is 2. The number of methoxy groups -OCH3 is 2. The van der Waals surface area contributed by atoms with Crippen LogP contribution in [0.5, 0.6) is 11.5 Å². The summed E-state index contributed by atoms with van der Waals surface area (Å²) in [7, 11) is -0.657. The number of thiazole rings is 1. The number of benzene rings is 2. The molecule has 0 saturated carbocycles. The maximum atomic E-state index is 13.1. The number of amides is 2. The molecule has 202 valence electrons. The fourth-order valence-corrected chi connectivity index (χ4v) is 6.02. The van der Waals surface area contributed by atoms with Gasteiger partial charge in [-0.25, -0.2) is 18.2 Å². The summed E-state index contributed by atoms with van der Waals surface area (Å²) in [6.07, 6.45) is -0.448. The van der Waals surface area contributed by atoms with E-state index in [4.69, 9.17) is 14.2 Å². The number of rotatable bonds is 8. The van der Waals surface area contributed by atoms with Crippen LogP contribution in [0.1, 0.15) is 17.3 Å². The van der Waals surface area contributed by atoms with Gasteiger partial charge in [-0.1, -0.05) is 0 Å². The molecule has 1 aromatic heterocycles. The number of aromatic nitrogens is 1. The number of ether oxygens (including phenoxy) is 3. The SMILES string of the molecule is CCOC(=O)N1CCN(S(=O)(=O)c2ccc(C(=O)Nc3nc(-c4ccc(OC)c(OC)c4)cs3)cc2)CC1. The first kappa shape index (κ1) is 27.4. The molecule has 0 unspecified atom stereocenters. The normalized spacial score (nSPS) is 14.1. The predicted molar refractivity (Wildman–Crippen MR) is 142 cm³/mol. The van der Waals surface area contributed by atoms with Gasteiger partial charge < -0.3 is 19.1 Å². The number of nitrogens with zero attached hydrogens (tertiary/aromatic N) is 3. The Labute approximate surface area is 225 Å². The third kappa shape index (κ3) is 5.90. The van der Waals surface area contributed by atoms with Crippen molar-refractivity contribution >= 4 is 38.5 Å². The second-order valence-electron chi connectivity index (χ2n) is 8.18. The number of hydrogen-bond acceptors (Lipinski definition) is 9. The molecule has 1 N–H and O–H groups in total. The lowest BCUT2D eigenvalue weighted by Gasteiger charge is -2.33. The van der Waals surface area contributed by atoms with E-state index in [1.54, 1.807) is 33.3 Å². The largest absolute Gasteiger partial charge is 0.493 e. The van der Waals surface area contributed by atoms with Crippen LogP contribution in [-0.2, 0) is 14.8 Å². The fraction of sp³-hybridized carbons (Fsp3) is 0.320. The monoisotopic (exact) mass is 560 g/mol. The first-order valence-corrected chi connectivity index (χ1v) is 14.1. The molecule has 1 aliphatic rings. The summed E-state index contributed by atoms with van der Waals surface area (Å²) < 4.78 is 43.0. The van der Waals surface area contributed by atoms with Crippen molar-refractivity contribution in [1.29, 1.82) is 0 Å². The zero-order chi connectivity index (χ0) is 27.3. The Morgan fingerprint density at radius 1 is 1.00 bits per heavy atom. The van der Waals surface area contributed by atoms with Crippen LogP contribution in [0.2, 0.25) is 0 Å². The molecular weight excluding hydrogens is 532 g/mol. The minimum atomic E-state index is -3.77. The molecule has 2 heterocycles. The summed E-state index contributed by atoms with van der Waals surface area (Å²) in [5, 5.41) is 4.96. The molecule has 0 aliphatic carbocycles. The predicted octanol–water partition coefficient (Wildman–Crippen LogP) is 3.54. The van der Waals surface area contributed by atoms with Crippen molar-refractivity contribution in [3.8, 4) is 22.8 Å². The van der Waals surface area contributed by atoms with Crippen LogP contribution in [0.4, 0.5) is 9.93 Å². The minimum Gasteiger partial charge on any atom is -0.493 e. The zero-order valence-electron chi connectivity index (χ0n) is 21.2. The molecular formula is C25H28N4O7S2. The molecule has 0 atom stereocenters. The molecule has 0 bridgehead atoms. The molecule has 2 amide bonds. The van der Waals surface area contributed by atoms with Crippen LogP contribution in [0.3, 0.4) is 0 Å². The van der Waals surface area contributed by atoms with Gasteiger partial charge in [-0.15, -0.1) is 11.3 Å². The van der Waals surface area contributed by atoms with Gasteiger partial charge >= 0.3 is 6.09 Å². The van der Waals surface area contributed by atoms with Crippen LogP contribution in [-0.4, -0.2) is 81.6 Å². The molecule has 0 radical (unpaired) electrons. The molecule has 11 nitrogen and oxygen atoms in total. The van der Waals surface area contributed by atoms with E-state index in [9.17, 15) is 18.0 Å². The fourth-order valence-electron chi connectivity index (χ4n) is 3.88. The van der Waals surface area contributed by atoms with Gasteiger partial charge in [0.25, 0.3) is 5.91 Å². The highest BCUT2D eigenvalue weighted by molar-refractivity contribution is 7.89. The molecule has 1 saturated heterocycles. The Morgan fingerprint density at radius 2 is 1.68 bits per heavy atom. The molecule has 1 fully saturated rings. The van der Waals surface area contributed by atoms with E-state index in [-0.39, 0.29) is 37.7 Å². The van der Waals surface area contributed by atoms with Crippen LogP contribution >= 0.6 is 11.3 Å². The quantitative estimate of drug-likeness (QED) is 0.443. The van der Waals surface area contributed by atoms with Gasteiger partial charge in [0, 0.05) is 42.7 Å². The van der Waals surface area contributed by atoms with Crippen molar-refractivity contribution in [1.82, 2.24) is 14.2 Å². The maximum absolute atomic E-state index is 13.1. The summed E-state index contributed by atoms with van der Waals surface area (Å²) in [4.78, 5) is 30.7. The number of carbonyl (C=O) groups is 2. The Kier molecular flexibility index (Phi) is 8.49. The van der Waals surface area contributed by atoms with E-state index in [2.05, 4.69) is 10.3 Å². The van der Waals surface area contributed by atoms with Crippen molar-refractivity contribution in [2.75, 3.05) is 52.3 Å². The van der Waals surface area contributed by atoms with Crippen molar-refractivity contribution in [2.24, 2.45) is 0 Å². The topological polar surface area (TPSA) is 127 Å². The molecule has 2 aromatic carbocycles. The number of piperazine rings is 1. The number of sulfonamides is 1. The minimum absolute atomic E-state index is 0.0728. The Hall–Kier alpha value is -3.68. The number of anilines is 1. The highest BCUT2D eigenvalue weighted by atomic mass is 32.2. The van der Waals surface area contributed by atoms with Crippen molar-refractivity contribution in [3.63, 3.8) is 0 Å². The van der Waals surface area contributed by atoms with Crippen molar-refractivity contribution < 1.29 is 32.2 Å². The molecule has 38 heavy (non-hydrogen) atoms. The van der Waals surface area contributed by atoms with Crippen LogP contribution in [0.15, 0.2) is 52.7 Å². The van der Waals surface area contributed by atoms with E-state index < -0.39 is 22.0 Å². The lowest BCUT2D eigenvalue weighted by molar-refractivity contribution is 0.0933. The van der Waals surface area contributed by atoms with E-state index >= 15 is 0 Å². The van der Waals surface area contributed by atoms with E-state index in [1.807, 2.05) is 11.4 Å². The summed E-state index contributed by atoms with van der Waals surface area (Å²) in [5.74, 6) is 0.758. The van der Waals surface area contributed by atoms with E-state index in [1.165, 1.54) is 44.8 Å². The molecule has 1 aliphatic heterocycles. The van der Waals surface area contributed by atoms with Crippen LogP contribution in [0, 0.1) is 0 Å². The lowest BCUT2D eigenvalue weighted by Crippen LogP contribution is -2.50. The highest BCUT2D eigenvalue weighted by Crippen LogP contribution is 2.33. The van der Waals surface area contributed by atoms with Crippen LogP contribution in [0.25, 0.3) is 11.3 Å². The van der Waals surface area contributed by atoms with Gasteiger partial charge in [0.05, 0.1) is 31.4 Å². The van der Waals surface area contributed by atoms with E-state index in [0.717, 1.165) is 5.56 Å². The van der Waals surface area contributed by atoms with Gasteiger partial charge in [-0.2, -0.15) is 4.31 Å². The van der Waals surface area contributed by atoms with Crippen LogP contribution < -0.4 is 14.8 Å². The van der Waals surface area contributed by atoms with Gasteiger partial charge in [-0.05, 0) is 49.4 Å². The molecule has 0 spiro atoms. The van der Waals surface area contributed by atoms with Gasteiger partial charge in [0.2, 0.25) is 10.0 Å². The number of hydrogen-bond donors (Lipinski definition) is 1. The summed E-state index contributed by atoms with van der Waals surface area (Å²) in [6, 6.07) is 11.1. The Bertz CT molecular complexity index is 1400. The zero-order valence-corrected chi connectivity index (χ0v) is 22.8. The first-order valence-electron chi connectivity index (χ1n) is 11.8. The Balaban J connectivity index is 1.39. The average molecular weight is 561 g/mol. The first-order chi connectivity index (χ1) is 18.3. The highest BCUT2D eigenvalue weighted by Gasteiger charge is 2.30. The molecule has 3 aromatic rings. The lowest BCUT2D eigenvalue weighted by atomic mass is 10.1. The van der Waals surface area contributed by atoms with Gasteiger partial charge in [0.15, 0.2) is 16.6 Å². The summed E-state index contributed by atoms with van der Waals surface area (Å²) in [6.45, 7) is 2.80. The smallest absolute Gasteiger partial charge is 0.409 e. The average Bonchev–Trinajstić information content (AvgIpc) is 3.41.